The van der Waals surface area contributed by atoms with Gasteiger partial charge in [-0.15, -0.1) is 0 Å². The zero-order valence-electron chi connectivity index (χ0n) is 44.2. The molecule has 0 aromatic rings. The molecule has 0 saturated heterocycles. The Bertz CT molecular complexity index is 1150. The fourth-order valence-corrected chi connectivity index (χ4v) is 7.81. The Balaban J connectivity index is 5.39. The Morgan fingerprint density at radius 1 is 0.455 bits per heavy atom. The summed E-state index contributed by atoms with van der Waals surface area (Å²) in [5, 5.41) is 0. The molecule has 0 aliphatic carbocycles. The summed E-state index contributed by atoms with van der Waals surface area (Å²) in [6.07, 6.45) is 46.9. The van der Waals surface area contributed by atoms with Gasteiger partial charge in [0.2, 0.25) is 5.91 Å². The van der Waals surface area contributed by atoms with Gasteiger partial charge >= 0.3 is 11.9 Å². The average molecular weight is 931 g/mol. The standard InChI is InChI=1S/C57H106N2O7/c1-7-11-15-19-23-24-25-26-27-28-29-30-31-33-37-43-55(61)65-51-53(50-59(47-39-38-46-58(5)6)54(60)42-36-32-20-16-12-8-2)52-66-56(62)44-45-57(63-48-40-34-21-17-13-9-3)64-49-41-35-22-18-14-10-4/h13-14,17-18,26-27,53,57H,7-12,15-16,19-25,28-52H2,1-6H3/b17-13-,18-14-,27-26-. The van der Waals surface area contributed by atoms with Crippen molar-refractivity contribution < 1.29 is 33.3 Å². The second-order valence-corrected chi connectivity index (χ2v) is 18.9. The molecule has 0 radical (unpaired) electrons. The summed E-state index contributed by atoms with van der Waals surface area (Å²) in [5.74, 6) is -0.741. The van der Waals surface area contributed by atoms with Crippen molar-refractivity contribution in [2.75, 3.05) is 60.2 Å². The van der Waals surface area contributed by atoms with Crippen LogP contribution in [-0.4, -0.2) is 94.1 Å². The molecule has 0 aromatic heterocycles. The summed E-state index contributed by atoms with van der Waals surface area (Å²) in [4.78, 5) is 44.2. The van der Waals surface area contributed by atoms with Crippen molar-refractivity contribution in [2.45, 2.75) is 246 Å². The van der Waals surface area contributed by atoms with Crippen LogP contribution in [0.25, 0.3) is 0 Å². The number of esters is 2. The molecule has 0 N–H and O–H groups in total. The Morgan fingerprint density at radius 3 is 1.38 bits per heavy atom. The van der Waals surface area contributed by atoms with Crippen molar-refractivity contribution in [1.29, 1.82) is 0 Å². The fraction of sp³-hybridized carbons (Fsp3) is 0.842. The van der Waals surface area contributed by atoms with Gasteiger partial charge < -0.3 is 28.7 Å². The molecule has 0 spiro atoms. The quantitative estimate of drug-likeness (QED) is 0.0258. The first-order valence-corrected chi connectivity index (χ1v) is 27.7. The minimum absolute atomic E-state index is 0.0843. The lowest BCUT2D eigenvalue weighted by atomic mass is 10.1. The lowest BCUT2D eigenvalue weighted by Crippen LogP contribution is -2.39. The summed E-state index contributed by atoms with van der Waals surface area (Å²) < 4.78 is 24.1. The van der Waals surface area contributed by atoms with Crippen molar-refractivity contribution in [3.8, 4) is 0 Å². The predicted octanol–water partition coefficient (Wildman–Crippen LogP) is 15.1. The molecule has 0 aromatic carbocycles. The van der Waals surface area contributed by atoms with E-state index in [1.165, 1.54) is 77.0 Å². The third-order valence-electron chi connectivity index (χ3n) is 12.0. The SMILES string of the molecule is CC/C=C\CCCCOC(CCC(=O)OCC(COC(=O)CCCCCCC/C=C\CCCCCCCC)CN(CCCCN(C)C)C(=O)CCCCCCCC)OCCCC/C=C\CC. The van der Waals surface area contributed by atoms with E-state index >= 15 is 0 Å². The number of hydrogen-bond donors (Lipinski definition) is 0. The van der Waals surface area contributed by atoms with Gasteiger partial charge in [-0.3, -0.25) is 14.4 Å². The normalized spacial score (nSPS) is 12.4. The monoisotopic (exact) mass is 931 g/mol. The van der Waals surface area contributed by atoms with Gasteiger partial charge in [-0.2, -0.15) is 0 Å². The summed E-state index contributed by atoms with van der Waals surface area (Å²) in [6.45, 7) is 12.1. The lowest BCUT2D eigenvalue weighted by molar-refractivity contribution is -0.161. The lowest BCUT2D eigenvalue weighted by Gasteiger charge is -2.28. The Labute approximate surface area is 408 Å². The van der Waals surface area contributed by atoms with Gasteiger partial charge in [0.05, 0.1) is 19.6 Å². The smallest absolute Gasteiger partial charge is 0.305 e. The molecule has 386 valence electrons. The molecule has 0 heterocycles. The zero-order valence-corrected chi connectivity index (χ0v) is 44.2. The van der Waals surface area contributed by atoms with E-state index in [4.69, 9.17) is 18.9 Å². The molecule has 1 unspecified atom stereocenters. The molecule has 0 bridgehead atoms. The van der Waals surface area contributed by atoms with Crippen LogP contribution in [0.2, 0.25) is 0 Å². The fourth-order valence-electron chi connectivity index (χ4n) is 7.81. The molecular weight excluding hydrogens is 825 g/mol. The third-order valence-corrected chi connectivity index (χ3v) is 12.0. The highest BCUT2D eigenvalue weighted by Gasteiger charge is 2.23. The van der Waals surface area contributed by atoms with Gasteiger partial charge in [0.15, 0.2) is 6.29 Å². The molecule has 1 atom stereocenters. The van der Waals surface area contributed by atoms with Gasteiger partial charge in [0, 0.05) is 51.5 Å². The first-order valence-electron chi connectivity index (χ1n) is 27.7. The number of ether oxygens (including phenoxy) is 4. The van der Waals surface area contributed by atoms with E-state index in [0.29, 0.717) is 45.6 Å². The van der Waals surface area contributed by atoms with E-state index in [2.05, 4.69) is 83.1 Å². The van der Waals surface area contributed by atoms with Crippen LogP contribution in [-0.2, 0) is 33.3 Å². The van der Waals surface area contributed by atoms with Crippen LogP contribution in [0.15, 0.2) is 36.5 Å². The van der Waals surface area contributed by atoms with Crippen LogP contribution in [0.3, 0.4) is 0 Å². The minimum atomic E-state index is -0.472. The van der Waals surface area contributed by atoms with Gasteiger partial charge in [-0.25, -0.2) is 0 Å². The highest BCUT2D eigenvalue weighted by atomic mass is 16.7. The Kier molecular flexibility index (Phi) is 48.5. The topological polar surface area (TPSA) is 94.6 Å². The molecular formula is C57H106N2O7. The summed E-state index contributed by atoms with van der Waals surface area (Å²) in [5.41, 5.74) is 0. The van der Waals surface area contributed by atoms with E-state index in [1.807, 2.05) is 4.90 Å². The van der Waals surface area contributed by atoms with Crippen LogP contribution < -0.4 is 0 Å². The minimum Gasteiger partial charge on any atom is -0.465 e. The second-order valence-electron chi connectivity index (χ2n) is 18.9. The van der Waals surface area contributed by atoms with Gasteiger partial charge in [-0.1, -0.05) is 148 Å². The second kappa shape index (κ2) is 50.4. The highest BCUT2D eigenvalue weighted by Crippen LogP contribution is 2.16. The van der Waals surface area contributed by atoms with E-state index in [0.717, 1.165) is 116 Å². The molecule has 9 heteroatoms. The van der Waals surface area contributed by atoms with E-state index in [1.54, 1.807) is 0 Å². The summed E-state index contributed by atoms with van der Waals surface area (Å²) >= 11 is 0. The molecule has 0 aliphatic rings. The van der Waals surface area contributed by atoms with Crippen LogP contribution >= 0.6 is 0 Å². The van der Waals surface area contributed by atoms with Crippen molar-refractivity contribution in [3.63, 3.8) is 0 Å². The summed E-state index contributed by atoms with van der Waals surface area (Å²) in [6, 6.07) is 0. The van der Waals surface area contributed by atoms with E-state index in [-0.39, 0.29) is 43.4 Å². The molecule has 1 amide bonds. The Hall–Kier alpha value is -2.49. The van der Waals surface area contributed by atoms with Crippen LogP contribution in [0.4, 0.5) is 0 Å². The number of unbranched alkanes of at least 4 members (excludes halogenated alkanes) is 21. The van der Waals surface area contributed by atoms with Gasteiger partial charge in [-0.05, 0) is 123 Å². The van der Waals surface area contributed by atoms with Crippen LogP contribution in [0.5, 0.6) is 0 Å². The molecule has 66 heavy (non-hydrogen) atoms. The van der Waals surface area contributed by atoms with Crippen molar-refractivity contribution in [2.24, 2.45) is 5.92 Å². The van der Waals surface area contributed by atoms with E-state index < -0.39 is 6.29 Å². The van der Waals surface area contributed by atoms with Crippen LogP contribution in [0, 0.1) is 5.92 Å². The molecule has 0 aliphatic heterocycles. The number of nitrogens with zero attached hydrogens (tertiary/aromatic N) is 2. The van der Waals surface area contributed by atoms with E-state index in [9.17, 15) is 14.4 Å². The maximum atomic E-state index is 13.7. The number of carbonyl (C=O) groups excluding carboxylic acids is 3. The first-order chi connectivity index (χ1) is 32.3. The van der Waals surface area contributed by atoms with Crippen molar-refractivity contribution in [3.05, 3.63) is 36.5 Å². The Morgan fingerprint density at radius 2 is 0.879 bits per heavy atom. The van der Waals surface area contributed by atoms with Gasteiger partial charge in [0.25, 0.3) is 0 Å². The maximum absolute atomic E-state index is 13.7. The van der Waals surface area contributed by atoms with Crippen LogP contribution in [0.1, 0.15) is 240 Å². The number of hydrogen-bond acceptors (Lipinski definition) is 8. The predicted molar refractivity (Wildman–Crippen MR) is 279 cm³/mol. The van der Waals surface area contributed by atoms with Crippen molar-refractivity contribution in [1.82, 2.24) is 9.80 Å². The molecule has 0 saturated carbocycles. The zero-order chi connectivity index (χ0) is 48.4. The molecule has 0 rings (SSSR count). The molecule has 9 nitrogen and oxygen atoms in total. The number of allylic oxidation sites excluding steroid dienone is 6. The first kappa shape index (κ1) is 63.5. The number of carbonyl (C=O) groups is 3. The van der Waals surface area contributed by atoms with Gasteiger partial charge in [0.1, 0.15) is 0 Å². The largest absolute Gasteiger partial charge is 0.465 e. The molecule has 0 fully saturated rings. The highest BCUT2D eigenvalue weighted by molar-refractivity contribution is 5.76. The summed E-state index contributed by atoms with van der Waals surface area (Å²) in [7, 11) is 4.14. The third kappa shape index (κ3) is 45.3. The average Bonchev–Trinajstić information content (AvgIpc) is 3.31. The maximum Gasteiger partial charge on any atom is 0.305 e. The number of amides is 1. The van der Waals surface area contributed by atoms with Crippen molar-refractivity contribution >= 4 is 17.8 Å². The number of rotatable bonds is 50.